The number of carbonyl (C=O) groups excluding carboxylic acids is 1. The number of aromatic hydroxyl groups is 4. The van der Waals surface area contributed by atoms with Crippen LogP contribution in [-0.4, -0.2) is 73.8 Å². The second-order valence-electron chi connectivity index (χ2n) is 8.04. The maximum atomic E-state index is 12.4. The minimum atomic E-state index is -3.31. The van der Waals surface area contributed by atoms with Crippen LogP contribution in [0.2, 0.25) is 0 Å². The van der Waals surface area contributed by atoms with Crippen LogP contribution < -0.4 is 16.4 Å². The molecule has 0 unspecified atom stereocenters. The Balaban J connectivity index is 1.84. The standard InChI is InChI=1S/C21H24N4O11S/c22-18-23-11(8-37-18)21(35,36)17(30)24-12-15(28)13(26)10(14(27)16(12)29)7-20(33,34)25-19(31,32)6-9-4-2-1-3-5-9/h1-5,8,25-29,31-36H,6-7H2,(H2,22,23)(H,24,30). The van der Waals surface area contributed by atoms with Crippen LogP contribution in [0.25, 0.3) is 0 Å². The summed E-state index contributed by atoms with van der Waals surface area (Å²) < 4.78 is 0. The van der Waals surface area contributed by atoms with Gasteiger partial charge in [-0.15, -0.1) is 11.3 Å². The summed E-state index contributed by atoms with van der Waals surface area (Å²) in [7, 11) is 0. The van der Waals surface area contributed by atoms with Crippen LogP contribution in [0, 0.1) is 0 Å². The van der Waals surface area contributed by atoms with Gasteiger partial charge in [0.1, 0.15) is 11.4 Å². The van der Waals surface area contributed by atoms with Gasteiger partial charge in [-0.1, -0.05) is 30.3 Å². The van der Waals surface area contributed by atoms with Gasteiger partial charge in [-0.25, -0.2) is 10.3 Å². The van der Waals surface area contributed by atoms with Gasteiger partial charge in [0.05, 0.1) is 5.56 Å². The van der Waals surface area contributed by atoms with Gasteiger partial charge in [-0.3, -0.25) is 4.79 Å². The molecule has 0 aliphatic rings. The molecule has 14 N–H and O–H groups in total. The average molecular weight is 541 g/mol. The van der Waals surface area contributed by atoms with Crippen LogP contribution >= 0.6 is 11.3 Å². The van der Waals surface area contributed by atoms with E-state index in [1.54, 1.807) is 28.8 Å². The predicted molar refractivity (Wildman–Crippen MR) is 126 cm³/mol. The number of hydrogen-bond acceptors (Lipinski definition) is 15. The molecule has 0 aliphatic carbocycles. The highest BCUT2D eigenvalue weighted by Crippen LogP contribution is 2.51. The molecular formula is C21H24N4O11S. The molecule has 16 heteroatoms. The molecular weight excluding hydrogens is 516 g/mol. The zero-order valence-electron chi connectivity index (χ0n) is 18.7. The number of aliphatic hydroxyl groups is 6. The van der Waals surface area contributed by atoms with Crippen LogP contribution in [0.5, 0.6) is 23.0 Å². The summed E-state index contributed by atoms with van der Waals surface area (Å²) in [6.07, 6.45) is -1.76. The van der Waals surface area contributed by atoms with E-state index < -0.39 is 76.3 Å². The van der Waals surface area contributed by atoms with Gasteiger partial charge >= 0.3 is 0 Å². The van der Waals surface area contributed by atoms with Crippen molar-refractivity contribution in [1.29, 1.82) is 0 Å². The lowest BCUT2D eigenvalue weighted by Crippen LogP contribution is -2.60. The first-order valence-electron chi connectivity index (χ1n) is 10.2. The van der Waals surface area contributed by atoms with E-state index in [0.29, 0.717) is 5.56 Å². The van der Waals surface area contributed by atoms with Crippen molar-refractivity contribution in [2.24, 2.45) is 0 Å². The normalized spacial score (nSPS) is 12.5. The molecule has 0 saturated carbocycles. The molecule has 1 heterocycles. The zero-order valence-corrected chi connectivity index (χ0v) is 19.5. The summed E-state index contributed by atoms with van der Waals surface area (Å²) in [4.78, 5) is 15.9. The van der Waals surface area contributed by atoms with Crippen LogP contribution in [0.3, 0.4) is 0 Å². The molecule has 0 saturated heterocycles. The van der Waals surface area contributed by atoms with Gasteiger partial charge < -0.3 is 62.1 Å². The summed E-state index contributed by atoms with van der Waals surface area (Å²) in [5.41, 5.74) is 3.21. The molecule has 1 aromatic heterocycles. The fourth-order valence-electron chi connectivity index (χ4n) is 3.33. The molecule has 200 valence electrons. The predicted octanol–water partition coefficient (Wildman–Crippen LogP) is -2.02. The number of nitrogen functional groups attached to an aromatic ring is 1. The number of carbonyl (C=O) groups is 1. The average Bonchev–Trinajstić information content (AvgIpc) is 3.25. The van der Waals surface area contributed by atoms with Crippen molar-refractivity contribution in [2.75, 3.05) is 11.1 Å². The number of aromatic nitrogens is 1. The van der Waals surface area contributed by atoms with Crippen molar-refractivity contribution in [3.8, 4) is 23.0 Å². The second kappa shape index (κ2) is 9.96. The minimum Gasteiger partial charge on any atom is -0.504 e. The Labute approximate surface area is 211 Å². The van der Waals surface area contributed by atoms with Crippen LogP contribution in [0.15, 0.2) is 35.7 Å². The van der Waals surface area contributed by atoms with Gasteiger partial charge in [0, 0.05) is 18.2 Å². The number of nitrogens with two attached hydrogens (primary N) is 1. The lowest BCUT2D eigenvalue weighted by molar-refractivity contribution is -0.284. The minimum absolute atomic E-state index is 0.107. The molecule has 0 bridgehead atoms. The Kier molecular flexibility index (Phi) is 7.49. The van der Waals surface area contributed by atoms with Crippen molar-refractivity contribution >= 4 is 28.1 Å². The fraction of sp³-hybridized carbons (Fsp3) is 0.238. The maximum absolute atomic E-state index is 12.4. The number of amides is 1. The molecule has 0 spiro atoms. The van der Waals surface area contributed by atoms with Gasteiger partial charge in [-0.05, 0) is 5.56 Å². The molecule has 0 radical (unpaired) electrons. The van der Waals surface area contributed by atoms with Gasteiger partial charge in [0.25, 0.3) is 11.7 Å². The number of nitrogens with zero attached hydrogens (tertiary/aromatic N) is 1. The molecule has 0 aliphatic heterocycles. The Morgan fingerprint density at radius 2 is 1.41 bits per heavy atom. The first kappa shape index (κ1) is 27.8. The lowest BCUT2D eigenvalue weighted by atomic mass is 10.0. The number of rotatable bonds is 9. The van der Waals surface area contributed by atoms with E-state index in [1.807, 2.05) is 0 Å². The second-order valence-corrected chi connectivity index (χ2v) is 8.93. The molecule has 1 amide bonds. The Hall–Kier alpha value is -3.74. The Bertz CT molecular complexity index is 1270. The van der Waals surface area contributed by atoms with Crippen molar-refractivity contribution in [1.82, 2.24) is 10.3 Å². The third-order valence-electron chi connectivity index (χ3n) is 5.05. The highest BCUT2D eigenvalue weighted by Gasteiger charge is 2.41. The van der Waals surface area contributed by atoms with E-state index in [0.717, 1.165) is 16.7 Å². The Morgan fingerprint density at radius 3 is 1.92 bits per heavy atom. The monoisotopic (exact) mass is 540 g/mol. The largest absolute Gasteiger partial charge is 0.504 e. The smallest absolute Gasteiger partial charge is 0.291 e. The van der Waals surface area contributed by atoms with E-state index >= 15 is 0 Å². The molecule has 15 nitrogen and oxygen atoms in total. The van der Waals surface area contributed by atoms with E-state index in [9.17, 15) is 55.9 Å². The SMILES string of the molecule is Nc1nc(C(O)(O)C(=O)Nc2c(O)c(O)c(CC(O)(O)NC(O)(O)Cc3ccccc3)c(O)c2O)cs1. The molecule has 3 rings (SSSR count). The van der Waals surface area contributed by atoms with Crippen molar-refractivity contribution in [2.45, 2.75) is 30.5 Å². The summed E-state index contributed by atoms with van der Waals surface area (Å²) in [5, 5.41) is 106. The summed E-state index contributed by atoms with van der Waals surface area (Å²) in [5.74, 6) is -16.3. The lowest BCUT2D eigenvalue weighted by Gasteiger charge is -2.32. The van der Waals surface area contributed by atoms with Crippen LogP contribution in [0.1, 0.15) is 16.8 Å². The number of hydrogen-bond donors (Lipinski definition) is 13. The molecule has 2 aromatic carbocycles. The highest BCUT2D eigenvalue weighted by atomic mass is 32.1. The van der Waals surface area contributed by atoms with E-state index in [-0.39, 0.29) is 5.13 Å². The zero-order chi connectivity index (χ0) is 27.8. The molecule has 0 atom stereocenters. The maximum Gasteiger partial charge on any atom is 0.291 e. The summed E-state index contributed by atoms with van der Waals surface area (Å²) >= 11 is 0.776. The summed E-state index contributed by atoms with van der Waals surface area (Å²) in [6.45, 7) is 0. The molecule has 3 aromatic rings. The first-order chi connectivity index (χ1) is 17.0. The Morgan fingerprint density at radius 1 is 0.865 bits per heavy atom. The third-order valence-corrected chi connectivity index (χ3v) is 5.72. The highest BCUT2D eigenvalue weighted by molar-refractivity contribution is 7.13. The number of phenols is 4. The first-order valence-corrected chi connectivity index (χ1v) is 11.1. The van der Waals surface area contributed by atoms with Gasteiger partial charge in [-0.2, -0.15) is 0 Å². The number of nitrogens with one attached hydrogen (secondary N) is 2. The number of benzene rings is 2. The topological polar surface area (TPSA) is 282 Å². The van der Waals surface area contributed by atoms with Crippen LogP contribution in [-0.2, 0) is 23.4 Å². The van der Waals surface area contributed by atoms with E-state index in [4.69, 9.17) is 5.73 Å². The van der Waals surface area contributed by atoms with E-state index in [2.05, 4.69) is 4.98 Å². The number of anilines is 2. The van der Waals surface area contributed by atoms with Gasteiger partial charge in [0.2, 0.25) is 11.8 Å². The number of phenolic OH excluding ortho intramolecular Hbond substituents is 4. The summed E-state index contributed by atoms with van der Waals surface area (Å²) in [6, 6.07) is 7.92. The molecule has 37 heavy (non-hydrogen) atoms. The quantitative estimate of drug-likeness (QED) is 0.0792. The van der Waals surface area contributed by atoms with E-state index in [1.165, 1.54) is 12.1 Å². The van der Waals surface area contributed by atoms with Crippen LogP contribution in [0.4, 0.5) is 10.8 Å². The van der Waals surface area contributed by atoms with Gasteiger partial charge in [0.15, 0.2) is 28.1 Å². The molecule has 0 fully saturated rings. The van der Waals surface area contributed by atoms with Crippen molar-refractivity contribution in [3.05, 3.63) is 52.5 Å². The fourth-order valence-corrected chi connectivity index (χ4v) is 3.93. The van der Waals surface area contributed by atoms with Crippen molar-refractivity contribution < 1.29 is 55.9 Å². The number of thiazole rings is 1. The van der Waals surface area contributed by atoms with Crippen molar-refractivity contribution in [3.63, 3.8) is 0 Å². The third kappa shape index (κ3) is 6.16.